The Bertz CT molecular complexity index is 525. The average Bonchev–Trinajstić information content (AvgIpc) is 3.03. The third-order valence-corrected chi connectivity index (χ3v) is 5.37. The van der Waals surface area contributed by atoms with Crippen molar-refractivity contribution in [2.75, 3.05) is 57.4 Å². The third kappa shape index (κ3) is 4.35. The maximum Gasteiger partial charge on any atom is 0.240 e. The van der Waals surface area contributed by atoms with Crippen molar-refractivity contribution < 1.29 is 9.53 Å². The van der Waals surface area contributed by atoms with Crippen molar-refractivity contribution in [1.82, 2.24) is 14.8 Å². The first-order valence-electron chi connectivity index (χ1n) is 8.06. The summed E-state index contributed by atoms with van der Waals surface area (Å²) in [7, 11) is 0. The number of nitrogens with zero attached hydrogens (tertiary/aromatic N) is 4. The highest BCUT2D eigenvalue weighted by atomic mass is 35.5. The van der Waals surface area contributed by atoms with Gasteiger partial charge < -0.3 is 14.5 Å². The van der Waals surface area contributed by atoms with Crippen LogP contribution in [-0.2, 0) is 16.1 Å². The molecule has 0 saturated carbocycles. The smallest absolute Gasteiger partial charge is 0.240 e. The molecule has 0 aromatic carbocycles. The Balaban J connectivity index is 1.52. The molecular formula is C15H23ClN4O2S. The molecule has 2 fully saturated rings. The molecule has 1 aromatic rings. The van der Waals surface area contributed by atoms with Crippen LogP contribution in [0, 0.1) is 0 Å². The maximum atomic E-state index is 11.9. The highest BCUT2D eigenvalue weighted by Gasteiger charge is 2.25. The molecule has 1 amide bonds. The molecule has 128 valence electrons. The number of morpholine rings is 1. The minimum absolute atomic E-state index is 0.0264. The van der Waals surface area contributed by atoms with Crippen molar-refractivity contribution in [3.63, 3.8) is 0 Å². The zero-order valence-electron chi connectivity index (χ0n) is 13.4. The topological polar surface area (TPSA) is 48.9 Å². The lowest BCUT2D eigenvalue weighted by Gasteiger charge is -2.35. The molecule has 1 atom stereocenters. The number of halogens is 1. The van der Waals surface area contributed by atoms with Gasteiger partial charge >= 0.3 is 0 Å². The van der Waals surface area contributed by atoms with Crippen molar-refractivity contribution in [2.24, 2.45) is 0 Å². The summed E-state index contributed by atoms with van der Waals surface area (Å²) in [5, 5.41) is 2.75. The van der Waals surface area contributed by atoms with Crippen LogP contribution in [0.25, 0.3) is 0 Å². The molecule has 0 aliphatic carbocycles. The predicted molar refractivity (Wildman–Crippen MR) is 92.3 cm³/mol. The van der Waals surface area contributed by atoms with Gasteiger partial charge in [-0.3, -0.25) is 9.69 Å². The molecule has 6 nitrogen and oxygen atoms in total. The molecule has 2 aliphatic rings. The second-order valence-corrected chi connectivity index (χ2v) is 7.43. The van der Waals surface area contributed by atoms with Crippen LogP contribution in [0.4, 0.5) is 5.13 Å². The van der Waals surface area contributed by atoms with Crippen LogP contribution in [0.15, 0.2) is 5.38 Å². The Labute approximate surface area is 146 Å². The number of thiazole rings is 1. The first-order chi connectivity index (χ1) is 11.1. The average molecular weight is 359 g/mol. The summed E-state index contributed by atoms with van der Waals surface area (Å²) in [4.78, 5) is 23.2. The van der Waals surface area contributed by atoms with E-state index < -0.39 is 5.38 Å². The van der Waals surface area contributed by atoms with Gasteiger partial charge in [0, 0.05) is 51.2 Å². The molecule has 0 radical (unpaired) electrons. The molecule has 2 aliphatic heterocycles. The Morgan fingerprint density at radius 3 is 2.65 bits per heavy atom. The van der Waals surface area contributed by atoms with E-state index in [2.05, 4.69) is 15.2 Å². The van der Waals surface area contributed by atoms with Gasteiger partial charge in [-0.05, 0) is 6.92 Å². The Morgan fingerprint density at radius 2 is 2.00 bits per heavy atom. The molecule has 0 bridgehead atoms. The summed E-state index contributed by atoms with van der Waals surface area (Å²) in [5.41, 5.74) is 1.12. The zero-order chi connectivity index (χ0) is 16.2. The van der Waals surface area contributed by atoms with Gasteiger partial charge in [0.25, 0.3) is 0 Å². The number of aromatic nitrogens is 1. The molecule has 2 saturated heterocycles. The standard InChI is InChI=1S/C15H23ClN4O2S/c1-12(16)14(21)19-2-4-20(5-3-19)15-17-13(11-23-15)10-18-6-8-22-9-7-18/h11-12H,2-10H2,1H3. The lowest BCUT2D eigenvalue weighted by molar-refractivity contribution is -0.130. The molecule has 3 heterocycles. The van der Waals surface area contributed by atoms with E-state index in [0.29, 0.717) is 13.1 Å². The van der Waals surface area contributed by atoms with Crippen LogP contribution >= 0.6 is 22.9 Å². The largest absolute Gasteiger partial charge is 0.379 e. The van der Waals surface area contributed by atoms with Gasteiger partial charge in [0.15, 0.2) is 5.13 Å². The molecule has 8 heteroatoms. The molecular weight excluding hydrogens is 336 g/mol. The number of carbonyl (C=O) groups is 1. The normalized spacial score (nSPS) is 21.5. The monoisotopic (exact) mass is 358 g/mol. The summed E-state index contributed by atoms with van der Waals surface area (Å²) in [5.74, 6) is 0.0264. The van der Waals surface area contributed by atoms with Crippen molar-refractivity contribution in [1.29, 1.82) is 0 Å². The number of hydrogen-bond acceptors (Lipinski definition) is 6. The first kappa shape index (κ1) is 17.0. The SMILES string of the molecule is CC(Cl)C(=O)N1CCN(c2nc(CN3CCOCC3)cs2)CC1. The molecule has 1 unspecified atom stereocenters. The van der Waals surface area contributed by atoms with E-state index in [4.69, 9.17) is 21.3 Å². The summed E-state index contributed by atoms with van der Waals surface area (Å²) >= 11 is 7.57. The van der Waals surface area contributed by atoms with Gasteiger partial charge in [0.05, 0.1) is 18.9 Å². The number of piperazine rings is 1. The first-order valence-corrected chi connectivity index (χ1v) is 9.37. The highest BCUT2D eigenvalue weighted by Crippen LogP contribution is 2.23. The molecule has 3 rings (SSSR count). The number of amides is 1. The number of hydrogen-bond donors (Lipinski definition) is 0. The number of rotatable bonds is 4. The van der Waals surface area contributed by atoms with Gasteiger partial charge in [-0.2, -0.15) is 0 Å². The predicted octanol–water partition coefficient (Wildman–Crippen LogP) is 1.25. The van der Waals surface area contributed by atoms with Crippen molar-refractivity contribution >= 4 is 34.0 Å². The van der Waals surface area contributed by atoms with Gasteiger partial charge in [0.1, 0.15) is 5.38 Å². The van der Waals surface area contributed by atoms with Gasteiger partial charge in [-0.15, -0.1) is 22.9 Å². The Hall–Kier alpha value is -0.890. The van der Waals surface area contributed by atoms with Crippen molar-refractivity contribution in [3.8, 4) is 0 Å². The summed E-state index contributed by atoms with van der Waals surface area (Å²) < 4.78 is 5.37. The van der Waals surface area contributed by atoms with E-state index in [1.165, 1.54) is 0 Å². The lowest BCUT2D eigenvalue weighted by Crippen LogP contribution is -2.50. The van der Waals surface area contributed by atoms with E-state index in [1.54, 1.807) is 18.3 Å². The minimum atomic E-state index is -0.443. The fraction of sp³-hybridized carbons (Fsp3) is 0.733. The van der Waals surface area contributed by atoms with Gasteiger partial charge in [-0.1, -0.05) is 0 Å². The number of alkyl halides is 1. The quantitative estimate of drug-likeness (QED) is 0.758. The third-order valence-electron chi connectivity index (χ3n) is 4.23. The van der Waals surface area contributed by atoms with Crippen LogP contribution in [0.3, 0.4) is 0 Å². The van der Waals surface area contributed by atoms with Crippen LogP contribution < -0.4 is 4.90 Å². The molecule has 1 aromatic heterocycles. The van der Waals surface area contributed by atoms with E-state index >= 15 is 0 Å². The van der Waals surface area contributed by atoms with Crippen molar-refractivity contribution in [3.05, 3.63) is 11.1 Å². The van der Waals surface area contributed by atoms with Crippen molar-refractivity contribution in [2.45, 2.75) is 18.8 Å². The van der Waals surface area contributed by atoms with Gasteiger partial charge in [-0.25, -0.2) is 4.98 Å². The van der Waals surface area contributed by atoms with E-state index in [1.807, 2.05) is 4.90 Å². The number of carbonyl (C=O) groups excluding carboxylic acids is 1. The summed E-state index contributed by atoms with van der Waals surface area (Å²) in [6.07, 6.45) is 0. The zero-order valence-corrected chi connectivity index (χ0v) is 15.0. The molecule has 0 spiro atoms. The van der Waals surface area contributed by atoms with Crippen LogP contribution in [-0.4, -0.2) is 78.6 Å². The molecule has 0 N–H and O–H groups in total. The van der Waals surface area contributed by atoms with E-state index in [9.17, 15) is 4.79 Å². The Kier molecular flexibility index (Phi) is 5.74. The fourth-order valence-corrected chi connectivity index (χ4v) is 3.88. The number of ether oxygens (including phenoxy) is 1. The van der Waals surface area contributed by atoms with Gasteiger partial charge in [0.2, 0.25) is 5.91 Å². The minimum Gasteiger partial charge on any atom is -0.379 e. The second kappa shape index (κ2) is 7.79. The molecule has 23 heavy (non-hydrogen) atoms. The summed E-state index contributed by atoms with van der Waals surface area (Å²) in [6, 6.07) is 0. The lowest BCUT2D eigenvalue weighted by atomic mass is 10.3. The summed E-state index contributed by atoms with van der Waals surface area (Å²) in [6.45, 7) is 9.27. The van der Waals surface area contributed by atoms with E-state index in [0.717, 1.165) is 56.8 Å². The fourth-order valence-electron chi connectivity index (χ4n) is 2.87. The van der Waals surface area contributed by atoms with E-state index in [-0.39, 0.29) is 5.91 Å². The second-order valence-electron chi connectivity index (χ2n) is 5.94. The van der Waals surface area contributed by atoms with Crippen LogP contribution in [0.2, 0.25) is 0 Å². The van der Waals surface area contributed by atoms with Crippen LogP contribution in [0.5, 0.6) is 0 Å². The Morgan fingerprint density at radius 1 is 1.30 bits per heavy atom. The maximum absolute atomic E-state index is 11.9. The van der Waals surface area contributed by atoms with Crippen LogP contribution in [0.1, 0.15) is 12.6 Å². The number of anilines is 1. The highest BCUT2D eigenvalue weighted by molar-refractivity contribution is 7.13.